The zero-order valence-electron chi connectivity index (χ0n) is 16.5. The van der Waals surface area contributed by atoms with Gasteiger partial charge in [0.05, 0.1) is 4.92 Å². The average Bonchev–Trinajstić information content (AvgIpc) is 3.26. The van der Waals surface area contributed by atoms with Gasteiger partial charge in [0.2, 0.25) is 0 Å². The number of fused-ring (bicyclic) bond motifs is 2. The summed E-state index contributed by atoms with van der Waals surface area (Å²) < 4.78 is 5.96. The van der Waals surface area contributed by atoms with E-state index in [0.717, 1.165) is 16.4 Å². The lowest BCUT2D eigenvalue weighted by Crippen LogP contribution is -2.23. The Bertz CT molecular complexity index is 1530. The van der Waals surface area contributed by atoms with E-state index in [1.54, 1.807) is 6.07 Å². The zero-order valence-corrected chi connectivity index (χ0v) is 16.5. The predicted octanol–water partition coefficient (Wildman–Crippen LogP) is 3.55. The van der Waals surface area contributed by atoms with Crippen LogP contribution >= 0.6 is 0 Å². The van der Waals surface area contributed by atoms with E-state index >= 15 is 0 Å². The van der Waals surface area contributed by atoms with Crippen LogP contribution in [0.2, 0.25) is 0 Å². The molecule has 9 heteroatoms. The number of nitro groups is 1. The van der Waals surface area contributed by atoms with Crippen molar-refractivity contribution in [3.63, 3.8) is 0 Å². The summed E-state index contributed by atoms with van der Waals surface area (Å²) in [6.07, 6.45) is 0. The minimum absolute atomic E-state index is 0.113. The van der Waals surface area contributed by atoms with Crippen LogP contribution in [0.3, 0.4) is 0 Å². The van der Waals surface area contributed by atoms with Crippen molar-refractivity contribution in [2.45, 2.75) is 0 Å². The lowest BCUT2D eigenvalue weighted by atomic mass is 10.2. The first-order valence-corrected chi connectivity index (χ1v) is 9.70. The number of H-pyrrole nitrogens is 2. The summed E-state index contributed by atoms with van der Waals surface area (Å²) in [5.41, 5.74) is 5.55. The first-order valence-electron chi connectivity index (χ1n) is 9.70. The van der Waals surface area contributed by atoms with Gasteiger partial charge < -0.3 is 4.42 Å². The molecule has 0 fully saturated rings. The molecule has 0 saturated heterocycles. The minimum atomic E-state index is -0.594. The maximum atomic E-state index is 12.6. The molecule has 9 nitrogen and oxygen atoms in total. The van der Waals surface area contributed by atoms with Gasteiger partial charge in [-0.1, -0.05) is 36.4 Å². The highest BCUT2D eigenvalue weighted by atomic mass is 16.6. The molecule has 1 amide bonds. The number of para-hydroxylation sites is 3. The molecular formula is C23H16N5O4+. The molecule has 0 saturated carbocycles. The van der Waals surface area contributed by atoms with E-state index in [9.17, 15) is 14.9 Å². The first kappa shape index (κ1) is 19.2. The molecule has 0 aliphatic rings. The van der Waals surface area contributed by atoms with E-state index in [2.05, 4.69) is 20.5 Å². The third-order valence-corrected chi connectivity index (χ3v) is 4.95. The number of imidazole rings is 1. The maximum absolute atomic E-state index is 12.6. The number of nitrogens with one attached hydrogen (secondary N) is 3. The first-order chi connectivity index (χ1) is 15.6. The summed E-state index contributed by atoms with van der Waals surface area (Å²) in [6.45, 7) is 0. The highest BCUT2D eigenvalue weighted by Crippen LogP contribution is 2.19. The number of amides is 1. The molecule has 0 radical (unpaired) electrons. The van der Waals surface area contributed by atoms with Crippen LogP contribution in [0.5, 0.6) is 0 Å². The van der Waals surface area contributed by atoms with Crippen LogP contribution < -0.4 is 16.0 Å². The molecule has 2 heterocycles. The average molecular weight is 426 g/mol. The third kappa shape index (κ3) is 3.58. The number of non-ortho nitro benzene ring substituents is 1. The Morgan fingerprint density at radius 1 is 1.03 bits per heavy atom. The lowest BCUT2D eigenvalue weighted by molar-refractivity contribution is -0.384. The fraction of sp³-hybridized carbons (Fsp3) is 0. The number of rotatable bonds is 4. The number of benzene rings is 3. The molecule has 156 valence electrons. The summed E-state index contributed by atoms with van der Waals surface area (Å²) in [4.78, 5) is 29.6. The zero-order chi connectivity index (χ0) is 22.1. The molecule has 0 bridgehead atoms. The summed E-state index contributed by atoms with van der Waals surface area (Å²) in [5.74, 6) is 0.0627. The molecule has 0 aliphatic carbocycles. The smallest absolute Gasteiger partial charge is 0.291 e. The molecule has 0 aliphatic heterocycles. The molecule has 3 aromatic carbocycles. The Labute approximate surface area is 180 Å². The molecule has 5 aromatic rings. The van der Waals surface area contributed by atoms with Crippen molar-refractivity contribution < 1.29 is 19.1 Å². The minimum Gasteiger partial charge on any atom is -0.436 e. The number of carbonyl (C=O) groups is 1. The van der Waals surface area contributed by atoms with Gasteiger partial charge in [-0.05, 0) is 30.3 Å². The number of carbonyl (C=O) groups excluding carboxylic acids is 1. The Morgan fingerprint density at radius 2 is 1.84 bits per heavy atom. The number of aromatic amines is 2. The SMILES string of the molecule is O=C(NN=c1oc2ccccc2cc1-c1[nH]c2ccccc2[nH+]1)c1cccc([N+](=O)[O-])c1. The number of nitrogens with zero attached hydrogens (tertiary/aromatic N) is 2. The van der Waals surface area contributed by atoms with E-state index in [0.29, 0.717) is 17.0 Å². The van der Waals surface area contributed by atoms with Crippen LogP contribution in [0.1, 0.15) is 10.4 Å². The van der Waals surface area contributed by atoms with Gasteiger partial charge >= 0.3 is 0 Å². The second kappa shape index (κ2) is 7.80. The van der Waals surface area contributed by atoms with Gasteiger partial charge in [-0.25, -0.2) is 15.4 Å². The van der Waals surface area contributed by atoms with Crippen molar-refractivity contribution in [3.8, 4) is 11.4 Å². The van der Waals surface area contributed by atoms with Crippen molar-refractivity contribution >= 4 is 33.6 Å². The van der Waals surface area contributed by atoms with Crippen LogP contribution in [0, 0.1) is 10.1 Å². The molecule has 32 heavy (non-hydrogen) atoms. The fourth-order valence-electron chi connectivity index (χ4n) is 3.39. The van der Waals surface area contributed by atoms with E-state index in [1.165, 1.54) is 24.3 Å². The number of hydrogen-bond donors (Lipinski definition) is 2. The van der Waals surface area contributed by atoms with Crippen molar-refractivity contribution in [1.82, 2.24) is 10.4 Å². The van der Waals surface area contributed by atoms with Gasteiger partial charge in [0.15, 0.2) is 11.0 Å². The van der Waals surface area contributed by atoms with Gasteiger partial charge in [0.25, 0.3) is 23.0 Å². The number of hydrogen-bond acceptors (Lipinski definition) is 5. The Kier molecular flexibility index (Phi) is 4.68. The predicted molar refractivity (Wildman–Crippen MR) is 116 cm³/mol. The molecule has 5 rings (SSSR count). The third-order valence-electron chi connectivity index (χ3n) is 4.95. The Hall–Kier alpha value is -4.79. The second-order valence-electron chi connectivity index (χ2n) is 7.03. The Morgan fingerprint density at radius 3 is 2.69 bits per heavy atom. The Balaban J connectivity index is 1.60. The van der Waals surface area contributed by atoms with Crippen molar-refractivity contribution in [3.05, 3.63) is 100 Å². The quantitative estimate of drug-likeness (QED) is 0.336. The fourth-order valence-corrected chi connectivity index (χ4v) is 3.39. The van der Waals surface area contributed by atoms with E-state index in [-0.39, 0.29) is 16.8 Å². The highest BCUT2D eigenvalue weighted by Gasteiger charge is 2.17. The number of nitro benzene ring substituents is 1. The normalized spacial score (nSPS) is 11.7. The second-order valence-corrected chi connectivity index (χ2v) is 7.03. The van der Waals surface area contributed by atoms with Gasteiger partial charge in [-0.15, -0.1) is 5.10 Å². The van der Waals surface area contributed by atoms with Gasteiger partial charge in [0, 0.05) is 23.1 Å². The van der Waals surface area contributed by atoms with Crippen LogP contribution in [0.4, 0.5) is 5.69 Å². The summed E-state index contributed by atoms with van der Waals surface area (Å²) in [5, 5.41) is 16.0. The lowest BCUT2D eigenvalue weighted by Gasteiger charge is -2.02. The highest BCUT2D eigenvalue weighted by molar-refractivity contribution is 5.94. The van der Waals surface area contributed by atoms with Crippen LogP contribution in [-0.4, -0.2) is 15.8 Å². The molecule has 0 atom stereocenters. The van der Waals surface area contributed by atoms with Gasteiger partial charge in [0.1, 0.15) is 11.1 Å². The summed E-state index contributed by atoms with van der Waals surface area (Å²) in [6, 6.07) is 22.5. The van der Waals surface area contributed by atoms with Gasteiger partial charge in [-0.2, -0.15) is 0 Å². The molecule has 2 aromatic heterocycles. The van der Waals surface area contributed by atoms with E-state index < -0.39 is 10.8 Å². The summed E-state index contributed by atoms with van der Waals surface area (Å²) >= 11 is 0. The van der Waals surface area contributed by atoms with Crippen LogP contribution in [0.25, 0.3) is 33.4 Å². The van der Waals surface area contributed by atoms with Crippen LogP contribution in [-0.2, 0) is 0 Å². The van der Waals surface area contributed by atoms with E-state index in [1.807, 2.05) is 48.5 Å². The molecule has 0 unspecified atom stereocenters. The van der Waals surface area contributed by atoms with Gasteiger partial charge in [-0.3, -0.25) is 14.9 Å². The molecular weight excluding hydrogens is 410 g/mol. The van der Waals surface area contributed by atoms with Crippen molar-refractivity contribution in [2.24, 2.45) is 5.10 Å². The maximum Gasteiger partial charge on any atom is 0.291 e. The monoisotopic (exact) mass is 426 g/mol. The summed E-state index contributed by atoms with van der Waals surface area (Å²) in [7, 11) is 0. The van der Waals surface area contributed by atoms with E-state index in [4.69, 9.17) is 4.42 Å². The van der Waals surface area contributed by atoms with Crippen molar-refractivity contribution in [2.75, 3.05) is 0 Å². The van der Waals surface area contributed by atoms with Crippen molar-refractivity contribution in [1.29, 1.82) is 0 Å². The van der Waals surface area contributed by atoms with Crippen LogP contribution in [0.15, 0.2) is 88.4 Å². The molecule has 0 spiro atoms. The standard InChI is InChI=1S/C23H15N5O4/c29-22(15-7-5-8-16(12-15)28(30)31)26-27-23-17(13-14-6-1-4-11-20(14)32-23)21-24-18-9-2-3-10-19(18)25-21/h1-13H,(H,24,25)(H,26,29)/p+1. The number of aromatic nitrogens is 2. The topological polar surface area (TPSA) is 128 Å². The molecule has 3 N–H and O–H groups in total. The largest absolute Gasteiger partial charge is 0.436 e.